The van der Waals surface area contributed by atoms with Crippen molar-refractivity contribution in [2.75, 3.05) is 32.8 Å². The third kappa shape index (κ3) is 8.81. The Morgan fingerprint density at radius 3 is 2.59 bits per heavy atom. The molecular formula is C19H30IN3O4. The minimum Gasteiger partial charge on any atom is -0.469 e. The third-order valence-electron chi connectivity index (χ3n) is 3.80. The van der Waals surface area contributed by atoms with Gasteiger partial charge >= 0.3 is 0 Å². The molecule has 3 N–H and O–H groups in total. The van der Waals surface area contributed by atoms with E-state index in [0.717, 1.165) is 25.1 Å². The fourth-order valence-corrected chi connectivity index (χ4v) is 2.35. The summed E-state index contributed by atoms with van der Waals surface area (Å²) in [6, 6.07) is 7.31. The standard InChI is InChI=1S/C19H29N3O4.HI/c1-3-24-12-6-10-20-18(21-11-9-16-7-4-13-25-16)22-15-19(2,23)17-8-5-14-26-17;/h4-5,7-8,13-14,23H,3,6,9-12,15H2,1-2H3,(H2,20,21,22);1H. The third-order valence-corrected chi connectivity index (χ3v) is 3.80. The summed E-state index contributed by atoms with van der Waals surface area (Å²) in [6.07, 6.45) is 4.83. The van der Waals surface area contributed by atoms with Crippen molar-refractivity contribution < 1.29 is 18.7 Å². The molecule has 0 saturated carbocycles. The van der Waals surface area contributed by atoms with Gasteiger partial charge in [0.25, 0.3) is 0 Å². The van der Waals surface area contributed by atoms with Crippen LogP contribution >= 0.6 is 24.0 Å². The highest BCUT2D eigenvalue weighted by atomic mass is 127. The van der Waals surface area contributed by atoms with Crippen LogP contribution < -0.4 is 10.6 Å². The molecule has 0 aromatic carbocycles. The zero-order chi connectivity index (χ0) is 18.7. The maximum Gasteiger partial charge on any atom is 0.191 e. The van der Waals surface area contributed by atoms with Crippen molar-refractivity contribution in [1.82, 2.24) is 10.6 Å². The van der Waals surface area contributed by atoms with Gasteiger partial charge in [-0.2, -0.15) is 0 Å². The van der Waals surface area contributed by atoms with Crippen molar-refractivity contribution in [3.05, 3.63) is 48.3 Å². The van der Waals surface area contributed by atoms with Gasteiger partial charge in [0.2, 0.25) is 0 Å². The summed E-state index contributed by atoms with van der Waals surface area (Å²) in [5.74, 6) is 2.04. The van der Waals surface area contributed by atoms with Gasteiger partial charge in [0, 0.05) is 32.7 Å². The van der Waals surface area contributed by atoms with E-state index in [4.69, 9.17) is 13.6 Å². The monoisotopic (exact) mass is 491 g/mol. The van der Waals surface area contributed by atoms with Crippen LogP contribution in [0, 0.1) is 0 Å². The molecule has 0 aliphatic heterocycles. The molecule has 0 bridgehead atoms. The fourth-order valence-electron chi connectivity index (χ4n) is 2.35. The van der Waals surface area contributed by atoms with Gasteiger partial charge in [0.05, 0.1) is 19.1 Å². The molecule has 27 heavy (non-hydrogen) atoms. The lowest BCUT2D eigenvalue weighted by Crippen LogP contribution is -2.40. The number of ether oxygens (including phenoxy) is 1. The fraction of sp³-hybridized carbons (Fsp3) is 0.526. The minimum absolute atomic E-state index is 0. The largest absolute Gasteiger partial charge is 0.469 e. The summed E-state index contributed by atoms with van der Waals surface area (Å²) < 4.78 is 16.0. The van der Waals surface area contributed by atoms with E-state index in [1.807, 2.05) is 19.1 Å². The molecule has 1 unspecified atom stereocenters. The van der Waals surface area contributed by atoms with E-state index < -0.39 is 5.60 Å². The van der Waals surface area contributed by atoms with Crippen LogP contribution in [0.1, 0.15) is 31.8 Å². The highest BCUT2D eigenvalue weighted by Gasteiger charge is 2.26. The lowest BCUT2D eigenvalue weighted by molar-refractivity contribution is 0.0437. The van der Waals surface area contributed by atoms with E-state index in [1.54, 1.807) is 31.6 Å². The first kappa shape index (κ1) is 23.5. The van der Waals surface area contributed by atoms with Gasteiger partial charge in [-0.1, -0.05) is 0 Å². The molecular weight excluding hydrogens is 461 g/mol. The summed E-state index contributed by atoms with van der Waals surface area (Å²) in [4.78, 5) is 4.50. The van der Waals surface area contributed by atoms with Crippen LogP contribution in [0.5, 0.6) is 0 Å². The second-order valence-corrected chi connectivity index (χ2v) is 6.15. The molecule has 0 aliphatic carbocycles. The molecule has 0 radical (unpaired) electrons. The number of aliphatic imine (C=N–C) groups is 1. The smallest absolute Gasteiger partial charge is 0.191 e. The van der Waals surface area contributed by atoms with Gasteiger partial charge < -0.3 is 29.3 Å². The molecule has 0 amide bonds. The van der Waals surface area contributed by atoms with Gasteiger partial charge in [-0.05, 0) is 44.5 Å². The molecule has 152 valence electrons. The Kier molecular flexibility index (Phi) is 11.1. The predicted octanol–water partition coefficient (Wildman–Crippen LogP) is 2.90. The molecule has 2 aromatic rings. The molecule has 1 atom stereocenters. The average molecular weight is 491 g/mol. The van der Waals surface area contributed by atoms with Crippen molar-refractivity contribution in [2.24, 2.45) is 4.99 Å². The Hall–Kier alpha value is -1.52. The second-order valence-electron chi connectivity index (χ2n) is 6.15. The van der Waals surface area contributed by atoms with E-state index in [-0.39, 0.29) is 30.5 Å². The van der Waals surface area contributed by atoms with Gasteiger partial charge in [-0.25, -0.2) is 4.99 Å². The maximum atomic E-state index is 10.5. The highest BCUT2D eigenvalue weighted by Crippen LogP contribution is 2.20. The first-order valence-corrected chi connectivity index (χ1v) is 9.00. The summed E-state index contributed by atoms with van der Waals surface area (Å²) in [7, 11) is 0. The summed E-state index contributed by atoms with van der Waals surface area (Å²) >= 11 is 0. The number of hydrogen-bond acceptors (Lipinski definition) is 5. The molecule has 0 saturated heterocycles. The molecule has 0 fully saturated rings. The first-order chi connectivity index (χ1) is 12.6. The molecule has 0 spiro atoms. The minimum atomic E-state index is -1.16. The SMILES string of the molecule is CCOCCCNC(=NCC(C)(O)c1ccco1)NCCc1ccco1.I. The Bertz CT molecular complexity index is 627. The highest BCUT2D eigenvalue weighted by molar-refractivity contribution is 14.0. The van der Waals surface area contributed by atoms with Gasteiger partial charge in [-0.3, -0.25) is 0 Å². The van der Waals surface area contributed by atoms with Crippen molar-refractivity contribution >= 4 is 29.9 Å². The van der Waals surface area contributed by atoms with Crippen LogP contribution in [-0.2, 0) is 16.8 Å². The maximum absolute atomic E-state index is 10.5. The Labute approximate surface area is 177 Å². The molecule has 2 rings (SSSR count). The van der Waals surface area contributed by atoms with Crippen molar-refractivity contribution in [1.29, 1.82) is 0 Å². The lowest BCUT2D eigenvalue weighted by Gasteiger charge is -2.19. The van der Waals surface area contributed by atoms with Crippen molar-refractivity contribution in [3.63, 3.8) is 0 Å². The topological polar surface area (TPSA) is 92.2 Å². The van der Waals surface area contributed by atoms with E-state index in [0.29, 0.717) is 31.5 Å². The second kappa shape index (κ2) is 12.8. The van der Waals surface area contributed by atoms with E-state index in [2.05, 4.69) is 15.6 Å². The zero-order valence-electron chi connectivity index (χ0n) is 15.9. The Morgan fingerprint density at radius 1 is 1.19 bits per heavy atom. The lowest BCUT2D eigenvalue weighted by atomic mass is 10.0. The summed E-state index contributed by atoms with van der Waals surface area (Å²) in [5.41, 5.74) is -1.16. The number of hydrogen-bond donors (Lipinski definition) is 3. The molecule has 8 heteroatoms. The van der Waals surface area contributed by atoms with Crippen LogP contribution in [-0.4, -0.2) is 43.9 Å². The quantitative estimate of drug-likeness (QED) is 0.194. The van der Waals surface area contributed by atoms with Crippen LogP contribution in [0.3, 0.4) is 0 Å². The number of nitrogens with zero attached hydrogens (tertiary/aromatic N) is 1. The van der Waals surface area contributed by atoms with Crippen molar-refractivity contribution in [3.8, 4) is 0 Å². The first-order valence-electron chi connectivity index (χ1n) is 9.00. The number of aliphatic hydroxyl groups is 1. The average Bonchev–Trinajstić information content (AvgIpc) is 3.32. The Balaban J connectivity index is 0.00000364. The predicted molar refractivity (Wildman–Crippen MR) is 116 cm³/mol. The van der Waals surface area contributed by atoms with Crippen molar-refractivity contribution in [2.45, 2.75) is 32.3 Å². The van der Waals surface area contributed by atoms with Gasteiger partial charge in [0.1, 0.15) is 17.1 Å². The molecule has 0 aliphatic rings. The number of furan rings is 2. The number of guanidine groups is 1. The number of halogens is 1. The molecule has 7 nitrogen and oxygen atoms in total. The van der Waals surface area contributed by atoms with E-state index >= 15 is 0 Å². The van der Waals surface area contributed by atoms with Gasteiger partial charge in [-0.15, -0.1) is 24.0 Å². The normalized spacial score (nSPS) is 13.7. The van der Waals surface area contributed by atoms with E-state index in [1.165, 1.54) is 0 Å². The molecule has 2 heterocycles. The van der Waals surface area contributed by atoms with Crippen LogP contribution in [0.15, 0.2) is 50.6 Å². The number of nitrogens with one attached hydrogen (secondary N) is 2. The van der Waals surface area contributed by atoms with Crippen LogP contribution in [0.2, 0.25) is 0 Å². The van der Waals surface area contributed by atoms with Gasteiger partial charge in [0.15, 0.2) is 5.96 Å². The summed E-state index contributed by atoms with van der Waals surface area (Å²) in [6.45, 7) is 6.67. The van der Waals surface area contributed by atoms with E-state index in [9.17, 15) is 5.11 Å². The molecule has 2 aromatic heterocycles. The van der Waals surface area contributed by atoms with Crippen LogP contribution in [0.4, 0.5) is 0 Å². The zero-order valence-corrected chi connectivity index (χ0v) is 18.3. The summed E-state index contributed by atoms with van der Waals surface area (Å²) in [5, 5.41) is 17.1. The van der Waals surface area contributed by atoms with Crippen LogP contribution in [0.25, 0.3) is 0 Å². The Morgan fingerprint density at radius 2 is 1.93 bits per heavy atom. The number of rotatable bonds is 11.